The Bertz CT molecular complexity index is 961. The number of ether oxygens (including phenoxy) is 1. The number of hydrogen-bond donors (Lipinski definition) is 0. The predicted molar refractivity (Wildman–Crippen MR) is 101 cm³/mol. The van der Waals surface area contributed by atoms with E-state index in [1.807, 2.05) is 10.7 Å². The number of hydrogen-bond acceptors (Lipinski definition) is 7. The second kappa shape index (κ2) is 7.73. The number of aromatic nitrogens is 4. The maximum absolute atomic E-state index is 13.1. The van der Waals surface area contributed by atoms with Crippen LogP contribution in [0.5, 0.6) is 0 Å². The second-order valence-electron chi connectivity index (χ2n) is 6.79. The van der Waals surface area contributed by atoms with Crippen molar-refractivity contribution >= 4 is 21.5 Å². The second-order valence-corrected chi connectivity index (χ2v) is 9.01. The first-order valence-electron chi connectivity index (χ1n) is 8.67. The van der Waals surface area contributed by atoms with Crippen molar-refractivity contribution in [3.8, 4) is 0 Å². The van der Waals surface area contributed by atoms with Crippen LogP contribution in [0.4, 0.5) is 5.82 Å². The molecule has 0 saturated carbocycles. The van der Waals surface area contributed by atoms with Gasteiger partial charge in [0, 0.05) is 31.9 Å². The monoisotopic (exact) mass is 392 g/mol. The molecule has 1 unspecified atom stereocenters. The molecule has 0 aliphatic carbocycles. The average molecular weight is 392 g/mol. The Hall–Kier alpha value is -2.33. The summed E-state index contributed by atoms with van der Waals surface area (Å²) in [5, 5.41) is 4.34. The van der Waals surface area contributed by atoms with Gasteiger partial charge in [0.15, 0.2) is 0 Å². The topological polar surface area (TPSA) is 103 Å². The molecule has 2 aromatic heterocycles. The summed E-state index contributed by atoms with van der Waals surface area (Å²) in [7, 11) is -1.24. The number of nitrogens with zero attached hydrogens (tertiary/aromatic N) is 6. The molecule has 27 heavy (non-hydrogen) atoms. The fourth-order valence-electron chi connectivity index (χ4n) is 2.84. The first-order chi connectivity index (χ1) is 12.8. The Morgan fingerprint density at radius 2 is 2.15 bits per heavy atom. The summed E-state index contributed by atoms with van der Waals surface area (Å²) < 4.78 is 24.0. The number of rotatable bonds is 5. The lowest BCUT2D eigenvalue weighted by molar-refractivity contribution is -0.120. The van der Waals surface area contributed by atoms with Gasteiger partial charge in [-0.1, -0.05) is 13.8 Å². The Morgan fingerprint density at radius 3 is 2.85 bits per heavy atom. The molecule has 10 heteroatoms. The summed E-state index contributed by atoms with van der Waals surface area (Å²) in [6.45, 7) is 5.71. The van der Waals surface area contributed by atoms with Crippen molar-refractivity contribution in [2.45, 2.75) is 38.4 Å². The fourth-order valence-corrected chi connectivity index (χ4v) is 4.35. The molecule has 1 aliphatic heterocycles. The molecule has 0 saturated heterocycles. The summed E-state index contributed by atoms with van der Waals surface area (Å²) in [6, 6.07) is 1.88. The van der Waals surface area contributed by atoms with Gasteiger partial charge in [0.25, 0.3) is 5.91 Å². The zero-order valence-electron chi connectivity index (χ0n) is 16.0. The van der Waals surface area contributed by atoms with Crippen molar-refractivity contribution in [1.29, 1.82) is 0 Å². The van der Waals surface area contributed by atoms with Gasteiger partial charge in [-0.25, -0.2) is 14.2 Å². The number of carbonyl (C=O) groups excluding carboxylic acids is 1. The molecule has 9 nitrogen and oxygen atoms in total. The molecule has 1 amide bonds. The van der Waals surface area contributed by atoms with Gasteiger partial charge in [-0.2, -0.15) is 9.46 Å². The molecule has 0 fully saturated rings. The Morgan fingerprint density at radius 1 is 1.37 bits per heavy atom. The van der Waals surface area contributed by atoms with E-state index in [0.29, 0.717) is 31.1 Å². The van der Waals surface area contributed by atoms with Crippen molar-refractivity contribution in [1.82, 2.24) is 19.7 Å². The van der Waals surface area contributed by atoms with E-state index in [2.05, 4.69) is 24.3 Å². The van der Waals surface area contributed by atoms with Crippen LogP contribution in [0.1, 0.15) is 25.2 Å². The van der Waals surface area contributed by atoms with Crippen LogP contribution in [0, 0.1) is 5.92 Å². The molecule has 1 aliphatic rings. The van der Waals surface area contributed by atoms with Gasteiger partial charge in [0.05, 0.1) is 51.9 Å². The van der Waals surface area contributed by atoms with Gasteiger partial charge >= 0.3 is 0 Å². The highest BCUT2D eigenvalue weighted by Crippen LogP contribution is 2.25. The lowest BCUT2D eigenvalue weighted by atomic mass is 10.2. The zero-order valence-corrected chi connectivity index (χ0v) is 16.8. The predicted octanol–water partition coefficient (Wildman–Crippen LogP) is 1.48. The van der Waals surface area contributed by atoms with Crippen LogP contribution in [0.15, 0.2) is 27.8 Å². The lowest BCUT2D eigenvalue weighted by Gasteiger charge is -2.29. The minimum atomic E-state index is -2.86. The number of amides is 1. The number of fused-ring (bicyclic) bond motifs is 1. The van der Waals surface area contributed by atoms with E-state index < -0.39 is 9.73 Å². The largest absolute Gasteiger partial charge is 0.378 e. The zero-order chi connectivity index (χ0) is 19.6. The van der Waals surface area contributed by atoms with E-state index in [1.54, 1.807) is 27.2 Å². The smallest absolute Gasteiger partial charge is 0.256 e. The van der Waals surface area contributed by atoms with Crippen LogP contribution in [0.25, 0.3) is 0 Å². The molecule has 3 rings (SSSR count). The molecule has 2 aromatic rings. The van der Waals surface area contributed by atoms with Gasteiger partial charge in [0.2, 0.25) is 0 Å². The minimum Gasteiger partial charge on any atom is -0.378 e. The Balaban J connectivity index is 1.92. The number of carbonyl (C=O) groups is 1. The quantitative estimate of drug-likeness (QED) is 0.759. The van der Waals surface area contributed by atoms with Gasteiger partial charge in [0.1, 0.15) is 12.1 Å². The molecular weight excluding hydrogens is 368 g/mol. The molecule has 1 atom stereocenters. The first-order valence-corrected chi connectivity index (χ1v) is 10.6. The van der Waals surface area contributed by atoms with Crippen molar-refractivity contribution in [2.24, 2.45) is 10.3 Å². The Labute approximate surface area is 158 Å². The molecular formula is C17H24N6O3S. The van der Waals surface area contributed by atoms with Crippen LogP contribution in [0.3, 0.4) is 0 Å². The third-order valence-corrected chi connectivity index (χ3v) is 6.01. The molecule has 0 bridgehead atoms. The van der Waals surface area contributed by atoms with Crippen molar-refractivity contribution in [3.63, 3.8) is 0 Å². The van der Waals surface area contributed by atoms with Crippen LogP contribution in [0.2, 0.25) is 0 Å². The summed E-state index contributed by atoms with van der Waals surface area (Å²) in [4.78, 5) is 23.1. The normalized spacial score (nSPS) is 16.1. The van der Waals surface area contributed by atoms with Crippen LogP contribution < -0.4 is 4.90 Å². The lowest BCUT2D eigenvalue weighted by Crippen LogP contribution is -2.35. The SMILES string of the molecule is COCc1cc(N2CCn3ncc(S(C)(=O)=NC(=O)C(C)C)c3C2)ncn1. The summed E-state index contributed by atoms with van der Waals surface area (Å²) >= 11 is 0. The molecule has 0 spiro atoms. The maximum Gasteiger partial charge on any atom is 0.256 e. The molecule has 0 radical (unpaired) electrons. The van der Waals surface area contributed by atoms with E-state index in [1.165, 1.54) is 12.6 Å². The van der Waals surface area contributed by atoms with Crippen LogP contribution >= 0.6 is 0 Å². The Kier molecular flexibility index (Phi) is 5.56. The number of anilines is 1. The highest BCUT2D eigenvalue weighted by atomic mass is 32.2. The molecule has 0 aromatic carbocycles. The minimum absolute atomic E-state index is 0.297. The standard InChI is InChI=1S/C17H24N6O3S/c1-12(2)17(24)21-27(4,25)15-8-20-23-6-5-22(9-14(15)23)16-7-13(10-26-3)18-11-19-16/h7-8,11-12H,5-6,9-10H2,1-4H3. The fraction of sp³-hybridized carbons (Fsp3) is 0.529. The van der Waals surface area contributed by atoms with E-state index in [-0.39, 0.29) is 11.8 Å². The maximum atomic E-state index is 13.1. The third-order valence-electron chi connectivity index (χ3n) is 4.32. The van der Waals surface area contributed by atoms with E-state index in [4.69, 9.17) is 4.74 Å². The van der Waals surface area contributed by atoms with Crippen molar-refractivity contribution in [3.05, 3.63) is 30.0 Å². The highest BCUT2D eigenvalue weighted by Gasteiger charge is 2.26. The average Bonchev–Trinajstić information content (AvgIpc) is 3.06. The highest BCUT2D eigenvalue weighted by molar-refractivity contribution is 7.93. The van der Waals surface area contributed by atoms with Crippen molar-refractivity contribution in [2.75, 3.05) is 24.8 Å². The molecule has 0 N–H and O–H groups in total. The summed E-state index contributed by atoms with van der Waals surface area (Å²) in [6.07, 6.45) is 4.57. The van der Waals surface area contributed by atoms with E-state index >= 15 is 0 Å². The molecule has 146 valence electrons. The third kappa shape index (κ3) is 4.16. The van der Waals surface area contributed by atoms with Gasteiger partial charge in [-0.3, -0.25) is 9.48 Å². The van der Waals surface area contributed by atoms with Gasteiger partial charge < -0.3 is 9.64 Å². The van der Waals surface area contributed by atoms with E-state index in [0.717, 1.165) is 17.2 Å². The summed E-state index contributed by atoms with van der Waals surface area (Å²) in [5.74, 6) is 0.109. The number of methoxy groups -OCH3 is 1. The molecule has 3 heterocycles. The first kappa shape index (κ1) is 19.4. The van der Waals surface area contributed by atoms with Gasteiger partial charge in [-0.15, -0.1) is 0 Å². The summed E-state index contributed by atoms with van der Waals surface area (Å²) in [5.41, 5.74) is 1.58. The van der Waals surface area contributed by atoms with Gasteiger partial charge in [-0.05, 0) is 0 Å². The van der Waals surface area contributed by atoms with Crippen LogP contribution in [-0.4, -0.2) is 49.8 Å². The van der Waals surface area contributed by atoms with E-state index in [9.17, 15) is 9.00 Å². The van der Waals surface area contributed by atoms with Crippen molar-refractivity contribution < 1.29 is 13.7 Å². The van der Waals surface area contributed by atoms with Crippen LogP contribution in [-0.2, 0) is 39.0 Å².